The Balaban J connectivity index is 2.09. The van der Waals surface area contributed by atoms with E-state index in [0.29, 0.717) is 27.2 Å². The number of ether oxygens (including phenoxy) is 1. The Morgan fingerprint density at radius 1 is 0.750 bits per heavy atom. The summed E-state index contributed by atoms with van der Waals surface area (Å²) in [5, 5.41) is 3.05. The summed E-state index contributed by atoms with van der Waals surface area (Å²) in [5.41, 5.74) is 6.27. The first-order valence-electron chi connectivity index (χ1n) is 6.05. The Labute approximate surface area is 126 Å². The number of hydrogen-bond donors (Lipinski definition) is 1. The van der Waals surface area contributed by atoms with Crippen molar-refractivity contribution >= 4 is 39.7 Å². The number of benzene rings is 3. The topological polar surface area (TPSA) is 35.2 Å². The maximum Gasteiger partial charge on any atom is 0.146 e. The molecule has 0 radical (unpaired) electrons. The van der Waals surface area contributed by atoms with Gasteiger partial charge in [-0.15, -0.1) is 0 Å². The first-order valence-corrected chi connectivity index (χ1v) is 6.81. The number of nitrogen functional groups attached to an aromatic ring is 1. The molecule has 0 atom stereocenters. The van der Waals surface area contributed by atoms with E-state index in [0.717, 1.165) is 10.8 Å². The molecule has 3 aromatic carbocycles. The number of hydrogen-bond acceptors (Lipinski definition) is 2. The lowest BCUT2D eigenvalue weighted by Crippen LogP contribution is -1.89. The molecule has 0 aliphatic rings. The maximum atomic E-state index is 6.19. The Morgan fingerprint density at radius 2 is 1.45 bits per heavy atom. The quantitative estimate of drug-likeness (QED) is 0.632. The molecular weight excluding hydrogens is 293 g/mol. The molecule has 100 valence electrons. The molecule has 0 saturated heterocycles. The highest BCUT2D eigenvalue weighted by molar-refractivity contribution is 6.35. The number of nitrogens with two attached hydrogens (primary N) is 1. The summed E-state index contributed by atoms with van der Waals surface area (Å²) in [5.74, 6) is 1.27. The largest absolute Gasteiger partial charge is 0.455 e. The lowest BCUT2D eigenvalue weighted by molar-refractivity contribution is 0.488. The zero-order valence-corrected chi connectivity index (χ0v) is 11.9. The molecule has 0 unspecified atom stereocenters. The third kappa shape index (κ3) is 2.40. The lowest BCUT2D eigenvalue weighted by Gasteiger charge is -2.11. The molecule has 20 heavy (non-hydrogen) atoms. The molecular formula is C16H11Cl2NO. The molecule has 0 spiro atoms. The summed E-state index contributed by atoms with van der Waals surface area (Å²) >= 11 is 12.3. The van der Waals surface area contributed by atoms with Gasteiger partial charge in [0.1, 0.15) is 11.5 Å². The van der Waals surface area contributed by atoms with Gasteiger partial charge in [-0.05, 0) is 30.3 Å². The zero-order valence-electron chi connectivity index (χ0n) is 10.4. The van der Waals surface area contributed by atoms with Gasteiger partial charge in [-0.25, -0.2) is 0 Å². The van der Waals surface area contributed by atoms with Crippen LogP contribution < -0.4 is 10.5 Å². The van der Waals surface area contributed by atoms with Crippen LogP contribution in [0, 0.1) is 0 Å². The van der Waals surface area contributed by atoms with Crippen molar-refractivity contribution in [1.82, 2.24) is 0 Å². The average Bonchev–Trinajstić information content (AvgIpc) is 2.45. The van der Waals surface area contributed by atoms with Crippen LogP contribution in [0.2, 0.25) is 10.0 Å². The Morgan fingerprint density at radius 3 is 2.20 bits per heavy atom. The van der Waals surface area contributed by atoms with Gasteiger partial charge in [0.15, 0.2) is 0 Å². The van der Waals surface area contributed by atoms with Crippen molar-refractivity contribution in [3.63, 3.8) is 0 Å². The molecule has 3 rings (SSSR count). The fourth-order valence-electron chi connectivity index (χ4n) is 2.04. The second-order valence-electron chi connectivity index (χ2n) is 4.38. The van der Waals surface area contributed by atoms with E-state index in [1.54, 1.807) is 18.2 Å². The monoisotopic (exact) mass is 303 g/mol. The highest BCUT2D eigenvalue weighted by Crippen LogP contribution is 2.36. The molecule has 2 nitrogen and oxygen atoms in total. The van der Waals surface area contributed by atoms with Gasteiger partial charge in [0.05, 0.1) is 5.02 Å². The predicted molar refractivity (Wildman–Crippen MR) is 84.9 cm³/mol. The Hall–Kier alpha value is -1.90. The van der Waals surface area contributed by atoms with E-state index in [9.17, 15) is 0 Å². The van der Waals surface area contributed by atoms with Crippen LogP contribution in [0.15, 0.2) is 54.6 Å². The van der Waals surface area contributed by atoms with Crippen molar-refractivity contribution in [2.24, 2.45) is 0 Å². The Kier molecular flexibility index (Phi) is 3.43. The van der Waals surface area contributed by atoms with E-state index in [1.807, 2.05) is 36.4 Å². The fraction of sp³-hybridized carbons (Fsp3) is 0. The fourth-order valence-corrected chi connectivity index (χ4v) is 2.50. The summed E-state index contributed by atoms with van der Waals surface area (Å²) in [7, 11) is 0. The summed E-state index contributed by atoms with van der Waals surface area (Å²) in [4.78, 5) is 0. The van der Waals surface area contributed by atoms with Crippen molar-refractivity contribution in [3.05, 3.63) is 64.6 Å². The molecule has 0 aliphatic heterocycles. The smallest absolute Gasteiger partial charge is 0.146 e. The van der Waals surface area contributed by atoms with Crippen LogP contribution in [-0.2, 0) is 0 Å². The normalized spacial score (nSPS) is 10.7. The molecule has 0 aromatic heterocycles. The van der Waals surface area contributed by atoms with Crippen molar-refractivity contribution in [2.45, 2.75) is 0 Å². The Bertz CT molecular complexity index is 787. The van der Waals surface area contributed by atoms with E-state index in [4.69, 9.17) is 33.7 Å². The van der Waals surface area contributed by atoms with E-state index < -0.39 is 0 Å². The van der Waals surface area contributed by atoms with Gasteiger partial charge >= 0.3 is 0 Å². The summed E-state index contributed by atoms with van der Waals surface area (Å²) in [6, 6.07) is 16.6. The van der Waals surface area contributed by atoms with Crippen molar-refractivity contribution < 1.29 is 4.74 Å². The minimum atomic E-state index is 0.476. The molecule has 3 aromatic rings. The molecule has 2 N–H and O–H groups in total. The number of fused-ring (bicyclic) bond motifs is 1. The van der Waals surface area contributed by atoms with Gasteiger partial charge < -0.3 is 10.5 Å². The molecule has 0 heterocycles. The summed E-state index contributed by atoms with van der Waals surface area (Å²) in [6.45, 7) is 0. The third-order valence-electron chi connectivity index (χ3n) is 3.01. The summed E-state index contributed by atoms with van der Waals surface area (Å²) < 4.78 is 5.89. The van der Waals surface area contributed by atoms with Gasteiger partial charge in [0, 0.05) is 21.5 Å². The standard InChI is InChI=1S/C16H11Cl2NO/c17-13-6-8-15(12-4-2-1-3-11(12)13)20-16-7-5-10(19)9-14(16)18/h1-9H,19H2. The third-order valence-corrected chi connectivity index (χ3v) is 3.63. The maximum absolute atomic E-state index is 6.19. The van der Waals surface area contributed by atoms with Crippen molar-refractivity contribution in [1.29, 1.82) is 0 Å². The van der Waals surface area contributed by atoms with E-state index in [2.05, 4.69) is 0 Å². The first-order chi connectivity index (χ1) is 9.65. The van der Waals surface area contributed by atoms with Crippen LogP contribution >= 0.6 is 23.2 Å². The highest BCUT2D eigenvalue weighted by atomic mass is 35.5. The number of halogens is 2. The van der Waals surface area contributed by atoms with Crippen LogP contribution in [-0.4, -0.2) is 0 Å². The van der Waals surface area contributed by atoms with Crippen LogP contribution in [0.4, 0.5) is 5.69 Å². The van der Waals surface area contributed by atoms with Crippen molar-refractivity contribution in [3.8, 4) is 11.5 Å². The highest BCUT2D eigenvalue weighted by Gasteiger charge is 2.08. The second-order valence-corrected chi connectivity index (χ2v) is 5.20. The molecule has 0 amide bonds. The van der Waals surface area contributed by atoms with Gasteiger partial charge in [0.25, 0.3) is 0 Å². The van der Waals surface area contributed by atoms with E-state index >= 15 is 0 Å². The second kappa shape index (κ2) is 5.23. The molecule has 0 bridgehead atoms. The van der Waals surface area contributed by atoms with Gasteiger partial charge in [-0.1, -0.05) is 47.5 Å². The van der Waals surface area contributed by atoms with Crippen LogP contribution in [0.5, 0.6) is 11.5 Å². The van der Waals surface area contributed by atoms with Crippen molar-refractivity contribution in [2.75, 3.05) is 5.73 Å². The minimum absolute atomic E-state index is 0.476. The average molecular weight is 304 g/mol. The molecule has 0 fully saturated rings. The van der Waals surface area contributed by atoms with Gasteiger partial charge in [0.2, 0.25) is 0 Å². The summed E-state index contributed by atoms with van der Waals surface area (Å²) in [6.07, 6.45) is 0. The lowest BCUT2D eigenvalue weighted by atomic mass is 10.1. The van der Waals surface area contributed by atoms with Crippen LogP contribution in [0.3, 0.4) is 0 Å². The number of rotatable bonds is 2. The molecule has 4 heteroatoms. The van der Waals surface area contributed by atoms with E-state index in [1.165, 1.54) is 0 Å². The van der Waals surface area contributed by atoms with E-state index in [-0.39, 0.29) is 0 Å². The first kappa shape index (κ1) is 13.1. The van der Waals surface area contributed by atoms with Gasteiger partial charge in [-0.3, -0.25) is 0 Å². The number of anilines is 1. The van der Waals surface area contributed by atoms with Gasteiger partial charge in [-0.2, -0.15) is 0 Å². The zero-order chi connectivity index (χ0) is 14.1. The predicted octanol–water partition coefficient (Wildman–Crippen LogP) is 5.52. The van der Waals surface area contributed by atoms with Crippen LogP contribution in [0.25, 0.3) is 10.8 Å². The SMILES string of the molecule is Nc1ccc(Oc2ccc(Cl)c3ccccc23)c(Cl)c1. The molecule has 0 saturated carbocycles. The molecule has 0 aliphatic carbocycles. The van der Waals surface area contributed by atoms with Crippen LogP contribution in [0.1, 0.15) is 0 Å². The minimum Gasteiger partial charge on any atom is -0.455 e.